The first-order valence-corrected chi connectivity index (χ1v) is 11.6. The SMILES string of the molecule is Cc1cc(CN2CCC(Oc3ccccc3C(=O)N3CCCCC3)CC2)cc(C)c1O. The van der Waals surface area contributed by atoms with Crippen LogP contribution in [-0.4, -0.2) is 53.1 Å². The van der Waals surface area contributed by atoms with Crippen LogP contribution in [0.1, 0.15) is 59.2 Å². The number of ether oxygens (including phenoxy) is 1. The second-order valence-corrected chi connectivity index (χ2v) is 9.02. The molecule has 0 aromatic heterocycles. The van der Waals surface area contributed by atoms with E-state index >= 15 is 0 Å². The molecule has 0 saturated carbocycles. The first-order valence-electron chi connectivity index (χ1n) is 11.6. The van der Waals surface area contributed by atoms with Gasteiger partial charge in [-0.25, -0.2) is 0 Å². The van der Waals surface area contributed by atoms with Gasteiger partial charge in [0.15, 0.2) is 0 Å². The summed E-state index contributed by atoms with van der Waals surface area (Å²) in [6.07, 6.45) is 5.42. The molecule has 31 heavy (non-hydrogen) atoms. The Morgan fingerprint density at radius 1 is 1.00 bits per heavy atom. The van der Waals surface area contributed by atoms with E-state index in [4.69, 9.17) is 4.74 Å². The highest BCUT2D eigenvalue weighted by Crippen LogP contribution is 2.27. The van der Waals surface area contributed by atoms with Gasteiger partial charge in [-0.1, -0.05) is 24.3 Å². The van der Waals surface area contributed by atoms with Crippen LogP contribution < -0.4 is 4.74 Å². The summed E-state index contributed by atoms with van der Waals surface area (Å²) in [5.41, 5.74) is 3.80. The number of nitrogens with zero attached hydrogens (tertiary/aromatic N) is 2. The fraction of sp³-hybridized carbons (Fsp3) is 0.500. The summed E-state index contributed by atoms with van der Waals surface area (Å²) in [4.78, 5) is 17.4. The Labute approximate surface area is 185 Å². The first kappa shape index (κ1) is 21.7. The molecule has 1 amide bonds. The number of likely N-dealkylation sites (tertiary alicyclic amines) is 2. The average Bonchev–Trinajstić information content (AvgIpc) is 2.79. The van der Waals surface area contributed by atoms with Gasteiger partial charge in [-0.3, -0.25) is 9.69 Å². The van der Waals surface area contributed by atoms with Crippen LogP contribution >= 0.6 is 0 Å². The molecule has 5 nitrogen and oxygen atoms in total. The molecule has 2 aromatic rings. The fourth-order valence-corrected chi connectivity index (χ4v) is 4.77. The van der Waals surface area contributed by atoms with Crippen LogP contribution in [0.4, 0.5) is 0 Å². The van der Waals surface area contributed by atoms with E-state index in [-0.39, 0.29) is 12.0 Å². The van der Waals surface area contributed by atoms with Gasteiger partial charge in [0.05, 0.1) is 5.56 Å². The number of piperidine rings is 2. The van der Waals surface area contributed by atoms with Crippen LogP contribution in [0.5, 0.6) is 11.5 Å². The number of hydrogen-bond donors (Lipinski definition) is 1. The number of hydrogen-bond acceptors (Lipinski definition) is 4. The lowest BCUT2D eigenvalue weighted by Crippen LogP contribution is -2.38. The number of amides is 1. The molecule has 1 N–H and O–H groups in total. The van der Waals surface area contributed by atoms with Crippen LogP contribution in [0.15, 0.2) is 36.4 Å². The van der Waals surface area contributed by atoms with Crippen LogP contribution in [0.3, 0.4) is 0 Å². The Balaban J connectivity index is 1.35. The van der Waals surface area contributed by atoms with E-state index in [1.54, 1.807) is 0 Å². The quantitative estimate of drug-likeness (QED) is 0.760. The molecule has 0 unspecified atom stereocenters. The van der Waals surface area contributed by atoms with Crippen molar-refractivity contribution in [3.63, 3.8) is 0 Å². The number of aromatic hydroxyl groups is 1. The average molecular weight is 423 g/mol. The molecule has 2 saturated heterocycles. The van der Waals surface area contributed by atoms with Gasteiger partial charge in [0.2, 0.25) is 0 Å². The molecule has 2 aliphatic heterocycles. The molecule has 5 heteroatoms. The lowest BCUT2D eigenvalue weighted by atomic mass is 10.0. The molecule has 2 aromatic carbocycles. The maximum atomic E-state index is 13.0. The van der Waals surface area contributed by atoms with E-state index in [9.17, 15) is 9.90 Å². The van der Waals surface area contributed by atoms with Crippen LogP contribution in [0.25, 0.3) is 0 Å². The predicted molar refractivity (Wildman–Crippen MR) is 123 cm³/mol. The summed E-state index contributed by atoms with van der Waals surface area (Å²) in [5.74, 6) is 1.22. The maximum absolute atomic E-state index is 13.0. The van der Waals surface area contributed by atoms with Crippen molar-refractivity contribution in [1.29, 1.82) is 0 Å². The van der Waals surface area contributed by atoms with E-state index in [0.717, 1.165) is 75.3 Å². The number of phenolic OH excluding ortho intramolecular Hbond substituents is 1. The smallest absolute Gasteiger partial charge is 0.257 e. The molecule has 0 atom stereocenters. The van der Waals surface area contributed by atoms with Crippen molar-refractivity contribution in [2.45, 2.75) is 58.6 Å². The molecular formula is C26H34N2O3. The molecule has 166 valence electrons. The van der Waals surface area contributed by atoms with Crippen molar-refractivity contribution in [3.05, 3.63) is 58.7 Å². The third-order valence-corrected chi connectivity index (χ3v) is 6.55. The molecule has 0 aliphatic carbocycles. The normalized spacial score (nSPS) is 18.2. The van der Waals surface area contributed by atoms with E-state index in [2.05, 4.69) is 17.0 Å². The fourth-order valence-electron chi connectivity index (χ4n) is 4.77. The maximum Gasteiger partial charge on any atom is 0.257 e. The van der Waals surface area contributed by atoms with E-state index in [0.29, 0.717) is 11.3 Å². The zero-order valence-corrected chi connectivity index (χ0v) is 18.8. The highest BCUT2D eigenvalue weighted by Gasteiger charge is 2.25. The van der Waals surface area contributed by atoms with Gasteiger partial charge in [-0.2, -0.15) is 0 Å². The lowest BCUT2D eigenvalue weighted by molar-refractivity contribution is 0.0702. The largest absolute Gasteiger partial charge is 0.507 e. The second kappa shape index (κ2) is 9.73. The Kier molecular flexibility index (Phi) is 6.81. The van der Waals surface area contributed by atoms with Gasteiger partial charge < -0.3 is 14.7 Å². The summed E-state index contributed by atoms with van der Waals surface area (Å²) in [6.45, 7) is 8.42. The number of benzene rings is 2. The van der Waals surface area contributed by atoms with Crippen molar-refractivity contribution in [3.8, 4) is 11.5 Å². The molecular weight excluding hydrogens is 388 g/mol. The third kappa shape index (κ3) is 5.21. The molecule has 2 aliphatic rings. The molecule has 4 rings (SSSR count). The standard InChI is InChI=1S/C26H34N2O3/c1-19-16-21(17-20(2)25(19)29)18-27-14-10-22(11-15-27)31-24-9-5-4-8-23(24)26(30)28-12-6-3-7-13-28/h4-5,8-9,16-17,22,29H,3,6-7,10-15,18H2,1-2H3. The van der Waals surface area contributed by atoms with Gasteiger partial charge in [0, 0.05) is 32.7 Å². The van der Waals surface area contributed by atoms with Gasteiger partial charge in [0.25, 0.3) is 5.91 Å². The lowest BCUT2D eigenvalue weighted by Gasteiger charge is -2.33. The minimum absolute atomic E-state index is 0.103. The van der Waals surface area contributed by atoms with Crippen molar-refractivity contribution in [1.82, 2.24) is 9.80 Å². The molecule has 2 fully saturated rings. The summed E-state index contributed by atoms with van der Waals surface area (Å²) in [6, 6.07) is 11.9. The first-order chi connectivity index (χ1) is 15.0. The van der Waals surface area contributed by atoms with E-state index < -0.39 is 0 Å². The monoisotopic (exact) mass is 422 g/mol. The minimum atomic E-state index is 0.103. The topological polar surface area (TPSA) is 53.0 Å². The third-order valence-electron chi connectivity index (χ3n) is 6.55. The van der Waals surface area contributed by atoms with Crippen LogP contribution in [-0.2, 0) is 6.54 Å². The van der Waals surface area contributed by atoms with Gasteiger partial charge in [0.1, 0.15) is 17.6 Å². The van der Waals surface area contributed by atoms with Crippen molar-refractivity contribution >= 4 is 5.91 Å². The Hall–Kier alpha value is -2.53. The number of aryl methyl sites for hydroxylation is 2. The van der Waals surface area contributed by atoms with Crippen molar-refractivity contribution in [2.75, 3.05) is 26.2 Å². The highest BCUT2D eigenvalue weighted by atomic mass is 16.5. The molecule has 2 heterocycles. The van der Waals surface area contributed by atoms with E-state index in [1.807, 2.05) is 43.0 Å². The Bertz CT molecular complexity index is 890. The zero-order valence-electron chi connectivity index (χ0n) is 18.8. The minimum Gasteiger partial charge on any atom is -0.507 e. The molecule has 0 radical (unpaired) electrons. The number of para-hydroxylation sites is 1. The summed E-state index contributed by atoms with van der Waals surface area (Å²) >= 11 is 0. The van der Waals surface area contributed by atoms with Crippen molar-refractivity contribution in [2.24, 2.45) is 0 Å². The summed E-state index contributed by atoms with van der Waals surface area (Å²) in [7, 11) is 0. The Morgan fingerprint density at radius 2 is 1.65 bits per heavy atom. The van der Waals surface area contributed by atoms with Crippen LogP contribution in [0.2, 0.25) is 0 Å². The van der Waals surface area contributed by atoms with Gasteiger partial charge in [-0.05, 0) is 74.8 Å². The second-order valence-electron chi connectivity index (χ2n) is 9.02. The number of carbonyl (C=O) groups excluding carboxylic acids is 1. The zero-order chi connectivity index (χ0) is 21.8. The molecule has 0 bridgehead atoms. The van der Waals surface area contributed by atoms with Crippen molar-refractivity contribution < 1.29 is 14.6 Å². The highest BCUT2D eigenvalue weighted by molar-refractivity contribution is 5.97. The summed E-state index contributed by atoms with van der Waals surface area (Å²) in [5, 5.41) is 10.00. The predicted octanol–water partition coefficient (Wildman–Crippen LogP) is 4.68. The van der Waals surface area contributed by atoms with Crippen LogP contribution in [0, 0.1) is 13.8 Å². The molecule has 0 spiro atoms. The number of phenols is 1. The number of carbonyl (C=O) groups is 1. The summed E-state index contributed by atoms with van der Waals surface area (Å²) < 4.78 is 6.34. The Morgan fingerprint density at radius 3 is 2.32 bits per heavy atom. The van der Waals surface area contributed by atoms with Gasteiger partial charge in [-0.15, -0.1) is 0 Å². The van der Waals surface area contributed by atoms with Gasteiger partial charge >= 0.3 is 0 Å². The number of rotatable bonds is 5. The van der Waals surface area contributed by atoms with E-state index in [1.165, 1.54) is 12.0 Å².